The first-order valence-corrected chi connectivity index (χ1v) is 6.33. The number of nitrogens with zero attached hydrogens (tertiary/aromatic N) is 3. The van der Waals surface area contributed by atoms with Gasteiger partial charge >= 0.3 is 0 Å². The van der Waals surface area contributed by atoms with Gasteiger partial charge in [-0.15, -0.1) is 0 Å². The maximum atomic E-state index is 8.63. The summed E-state index contributed by atoms with van der Waals surface area (Å²) in [6.07, 6.45) is 0.952. The van der Waals surface area contributed by atoms with Gasteiger partial charge in [-0.1, -0.05) is 12.1 Å². The zero-order valence-corrected chi connectivity index (χ0v) is 11.5. The van der Waals surface area contributed by atoms with Crippen molar-refractivity contribution in [2.75, 3.05) is 20.2 Å². The molecule has 0 aromatic heterocycles. The van der Waals surface area contributed by atoms with Crippen molar-refractivity contribution in [3.8, 4) is 17.9 Å². The minimum Gasteiger partial charge on any atom is -0.492 e. The Morgan fingerprint density at radius 2 is 1.89 bits per heavy atom. The molecular formula is C15H19N3O. The molecule has 0 aliphatic carbocycles. The summed E-state index contributed by atoms with van der Waals surface area (Å²) in [7, 11) is 1.99. The summed E-state index contributed by atoms with van der Waals surface area (Å²) in [5, 5.41) is 17.2. The van der Waals surface area contributed by atoms with E-state index in [1.54, 1.807) is 0 Å². The highest BCUT2D eigenvalue weighted by Gasteiger charge is 2.08. The highest BCUT2D eigenvalue weighted by molar-refractivity contribution is 5.28. The molecule has 0 spiro atoms. The summed E-state index contributed by atoms with van der Waals surface area (Å²) in [6, 6.07) is 12.1. The number of benzene rings is 1. The van der Waals surface area contributed by atoms with Crippen molar-refractivity contribution in [3.05, 3.63) is 29.8 Å². The topological polar surface area (TPSA) is 60.1 Å². The van der Waals surface area contributed by atoms with Crippen LogP contribution in [0, 0.1) is 22.7 Å². The maximum Gasteiger partial charge on any atom is 0.119 e. The van der Waals surface area contributed by atoms with Gasteiger partial charge in [0.05, 0.1) is 25.0 Å². The first-order valence-electron chi connectivity index (χ1n) is 6.33. The summed E-state index contributed by atoms with van der Waals surface area (Å²) >= 11 is 0. The van der Waals surface area contributed by atoms with Crippen molar-refractivity contribution >= 4 is 0 Å². The van der Waals surface area contributed by atoms with Crippen molar-refractivity contribution in [3.63, 3.8) is 0 Å². The molecule has 0 saturated carbocycles. The van der Waals surface area contributed by atoms with Crippen molar-refractivity contribution < 1.29 is 4.74 Å². The van der Waals surface area contributed by atoms with Crippen LogP contribution in [0.25, 0.3) is 0 Å². The van der Waals surface area contributed by atoms with E-state index in [1.165, 1.54) is 0 Å². The Morgan fingerprint density at radius 1 is 1.21 bits per heavy atom. The van der Waals surface area contributed by atoms with Gasteiger partial charge in [-0.3, -0.25) is 4.90 Å². The van der Waals surface area contributed by atoms with Crippen LogP contribution in [0.15, 0.2) is 24.3 Å². The van der Waals surface area contributed by atoms with Crippen LogP contribution < -0.4 is 4.74 Å². The predicted octanol–water partition coefficient (Wildman–Crippen LogP) is 2.37. The van der Waals surface area contributed by atoms with E-state index < -0.39 is 0 Å². The fourth-order valence-electron chi connectivity index (χ4n) is 1.61. The molecule has 1 aromatic carbocycles. The Kier molecular flexibility index (Phi) is 6.43. The average Bonchev–Trinajstić information content (AvgIpc) is 2.41. The lowest BCUT2D eigenvalue weighted by Crippen LogP contribution is -2.32. The van der Waals surface area contributed by atoms with Crippen LogP contribution >= 0.6 is 0 Å². The summed E-state index contributed by atoms with van der Waals surface area (Å²) in [6.45, 7) is 3.40. The van der Waals surface area contributed by atoms with Gasteiger partial charge in [0.15, 0.2) is 0 Å². The van der Waals surface area contributed by atoms with E-state index in [4.69, 9.17) is 15.3 Å². The van der Waals surface area contributed by atoms with Gasteiger partial charge in [0.25, 0.3) is 0 Å². The molecule has 0 radical (unpaired) electrons. The highest BCUT2D eigenvalue weighted by Crippen LogP contribution is 2.12. The lowest BCUT2D eigenvalue weighted by molar-refractivity contribution is 0.201. The Bertz CT molecular complexity index is 456. The van der Waals surface area contributed by atoms with Crippen LogP contribution in [0.4, 0.5) is 0 Å². The summed E-state index contributed by atoms with van der Waals surface area (Å²) in [4.78, 5) is 2.10. The number of hydrogen-bond acceptors (Lipinski definition) is 4. The third kappa shape index (κ3) is 5.42. The predicted molar refractivity (Wildman–Crippen MR) is 73.6 cm³/mol. The van der Waals surface area contributed by atoms with E-state index in [2.05, 4.69) is 17.0 Å². The largest absolute Gasteiger partial charge is 0.492 e. The van der Waals surface area contributed by atoms with Gasteiger partial charge in [0, 0.05) is 12.6 Å². The van der Waals surface area contributed by atoms with Gasteiger partial charge in [-0.25, -0.2) is 0 Å². The quantitative estimate of drug-likeness (QED) is 0.752. The molecule has 100 valence electrons. The standard InChI is InChI=1S/C15H19N3O/c1-13(7-9-16)18(2)11-12-19-15-5-3-14(4-6-15)8-10-17/h3-6,13H,7-8,11-12H2,1-2H3. The molecule has 1 atom stereocenters. The second-order valence-electron chi connectivity index (χ2n) is 4.52. The molecule has 19 heavy (non-hydrogen) atoms. The van der Waals surface area contributed by atoms with Crippen LogP contribution in [0.1, 0.15) is 18.9 Å². The van der Waals surface area contributed by atoms with Gasteiger partial charge < -0.3 is 4.74 Å². The molecule has 4 nitrogen and oxygen atoms in total. The maximum absolute atomic E-state index is 8.63. The van der Waals surface area contributed by atoms with Crippen LogP contribution in [0.5, 0.6) is 5.75 Å². The molecule has 0 fully saturated rings. The zero-order chi connectivity index (χ0) is 14.1. The highest BCUT2D eigenvalue weighted by atomic mass is 16.5. The molecule has 0 N–H and O–H groups in total. The third-order valence-corrected chi connectivity index (χ3v) is 3.06. The number of hydrogen-bond donors (Lipinski definition) is 0. The molecule has 1 unspecified atom stereocenters. The fourth-order valence-corrected chi connectivity index (χ4v) is 1.61. The number of nitriles is 2. The molecule has 1 rings (SSSR count). The van der Waals surface area contributed by atoms with Crippen molar-refractivity contribution in [2.45, 2.75) is 25.8 Å². The molecule has 0 aliphatic heterocycles. The molecule has 0 saturated heterocycles. The average molecular weight is 257 g/mol. The number of ether oxygens (including phenoxy) is 1. The van der Waals surface area contributed by atoms with Crippen molar-refractivity contribution in [1.82, 2.24) is 4.90 Å². The molecule has 0 bridgehead atoms. The molecule has 1 aromatic rings. The minimum atomic E-state index is 0.242. The molecule has 0 aliphatic rings. The number of rotatable bonds is 7. The van der Waals surface area contributed by atoms with E-state index in [0.29, 0.717) is 19.4 Å². The SMILES string of the molecule is CC(CC#N)N(C)CCOc1ccc(CC#N)cc1. The summed E-state index contributed by atoms with van der Waals surface area (Å²) < 4.78 is 5.63. The van der Waals surface area contributed by atoms with Crippen molar-refractivity contribution in [1.29, 1.82) is 10.5 Å². The monoisotopic (exact) mass is 257 g/mol. The van der Waals surface area contributed by atoms with Crippen LogP contribution in [0.3, 0.4) is 0 Å². The first kappa shape index (κ1) is 15.0. The van der Waals surface area contributed by atoms with E-state index in [0.717, 1.165) is 17.9 Å². The van der Waals surface area contributed by atoms with Gasteiger partial charge in [0.1, 0.15) is 12.4 Å². The Morgan fingerprint density at radius 3 is 2.47 bits per heavy atom. The van der Waals surface area contributed by atoms with Crippen LogP contribution in [-0.2, 0) is 6.42 Å². The molecule has 0 heterocycles. The number of likely N-dealkylation sites (N-methyl/N-ethyl adjacent to an activating group) is 1. The van der Waals surface area contributed by atoms with E-state index in [9.17, 15) is 0 Å². The summed E-state index contributed by atoms with van der Waals surface area (Å²) in [5.74, 6) is 0.808. The van der Waals surface area contributed by atoms with Gasteiger partial charge in [0.2, 0.25) is 0 Å². The smallest absolute Gasteiger partial charge is 0.119 e. The third-order valence-electron chi connectivity index (χ3n) is 3.06. The lowest BCUT2D eigenvalue weighted by Gasteiger charge is -2.22. The summed E-state index contributed by atoms with van der Waals surface area (Å²) in [5.41, 5.74) is 0.995. The molecule has 4 heteroatoms. The Hall–Kier alpha value is -2.04. The lowest BCUT2D eigenvalue weighted by atomic mass is 10.2. The van der Waals surface area contributed by atoms with Crippen molar-refractivity contribution in [2.24, 2.45) is 0 Å². The van der Waals surface area contributed by atoms with E-state index >= 15 is 0 Å². The molecular weight excluding hydrogens is 238 g/mol. The van der Waals surface area contributed by atoms with E-state index in [1.807, 2.05) is 38.2 Å². The Labute approximate surface area is 114 Å². The first-order chi connectivity index (χ1) is 9.17. The second-order valence-corrected chi connectivity index (χ2v) is 4.52. The Balaban J connectivity index is 2.33. The zero-order valence-electron chi connectivity index (χ0n) is 11.5. The normalized spacial score (nSPS) is 11.6. The van der Waals surface area contributed by atoms with Crippen LogP contribution in [-0.4, -0.2) is 31.1 Å². The van der Waals surface area contributed by atoms with Crippen LogP contribution in [0.2, 0.25) is 0 Å². The van der Waals surface area contributed by atoms with E-state index in [-0.39, 0.29) is 6.04 Å². The minimum absolute atomic E-state index is 0.242. The fraction of sp³-hybridized carbons (Fsp3) is 0.467. The van der Waals surface area contributed by atoms with Gasteiger partial charge in [-0.2, -0.15) is 10.5 Å². The second kappa shape index (κ2) is 8.13. The van der Waals surface area contributed by atoms with Gasteiger partial charge in [-0.05, 0) is 31.7 Å². The molecule has 0 amide bonds.